The fourth-order valence-electron chi connectivity index (χ4n) is 2.41. The van der Waals surface area contributed by atoms with Crippen molar-refractivity contribution in [2.45, 2.75) is 31.2 Å². The van der Waals surface area contributed by atoms with Crippen LogP contribution in [0, 0.1) is 15.9 Å². The molecular formula is C12H11ClFNO3. The minimum atomic E-state index is -1.97. The monoisotopic (exact) mass is 271 g/mol. The van der Waals surface area contributed by atoms with E-state index in [4.69, 9.17) is 11.6 Å². The largest absolute Gasteiger partial charge is 0.306 e. The molecule has 0 saturated heterocycles. The number of halogens is 2. The molecule has 4 nitrogen and oxygen atoms in total. The van der Waals surface area contributed by atoms with Crippen LogP contribution in [0.25, 0.3) is 0 Å². The van der Waals surface area contributed by atoms with Crippen LogP contribution in [-0.2, 0) is 10.3 Å². The first-order valence-electron chi connectivity index (χ1n) is 5.62. The van der Waals surface area contributed by atoms with Gasteiger partial charge in [0.2, 0.25) is 5.78 Å². The topological polar surface area (TPSA) is 60.2 Å². The number of Topliss-reactive ketones (excluding diaryl/α,β-unsaturated/α-hetero) is 1. The Morgan fingerprint density at radius 3 is 2.72 bits per heavy atom. The molecule has 0 radical (unpaired) electrons. The van der Waals surface area contributed by atoms with E-state index in [2.05, 4.69) is 0 Å². The SMILES string of the molecule is O=C1CCCCC1(c1cccc(Cl)c1F)[N+](=O)[O-]. The van der Waals surface area contributed by atoms with Crippen molar-refractivity contribution in [3.05, 3.63) is 44.7 Å². The molecule has 0 amide bonds. The van der Waals surface area contributed by atoms with E-state index in [0.717, 1.165) is 0 Å². The number of ketones is 1. The number of nitrogens with zero attached hydrogens (tertiary/aromatic N) is 1. The maximum absolute atomic E-state index is 14.0. The van der Waals surface area contributed by atoms with Crippen molar-refractivity contribution in [3.63, 3.8) is 0 Å². The van der Waals surface area contributed by atoms with Crippen LogP contribution in [0.1, 0.15) is 31.2 Å². The Labute approximate surface area is 108 Å². The molecular weight excluding hydrogens is 261 g/mol. The highest BCUT2D eigenvalue weighted by atomic mass is 35.5. The molecule has 1 aliphatic carbocycles. The lowest BCUT2D eigenvalue weighted by atomic mass is 9.76. The van der Waals surface area contributed by atoms with Crippen LogP contribution in [-0.4, -0.2) is 10.7 Å². The normalized spacial score (nSPS) is 24.0. The molecule has 1 aromatic rings. The molecule has 6 heteroatoms. The molecule has 0 aromatic heterocycles. The van der Waals surface area contributed by atoms with Gasteiger partial charge in [-0.25, -0.2) is 4.39 Å². The van der Waals surface area contributed by atoms with Gasteiger partial charge in [-0.2, -0.15) is 0 Å². The average Bonchev–Trinajstić information content (AvgIpc) is 2.33. The summed E-state index contributed by atoms with van der Waals surface area (Å²) in [5, 5.41) is 11.1. The second-order valence-electron chi connectivity index (χ2n) is 4.35. The van der Waals surface area contributed by atoms with Gasteiger partial charge in [0.25, 0.3) is 0 Å². The molecule has 18 heavy (non-hydrogen) atoms. The first kappa shape index (κ1) is 13.0. The molecule has 0 aliphatic heterocycles. The summed E-state index contributed by atoms with van der Waals surface area (Å²) in [6.07, 6.45) is 1.26. The van der Waals surface area contributed by atoms with Crippen molar-refractivity contribution in [2.75, 3.05) is 0 Å². The van der Waals surface area contributed by atoms with Crippen molar-refractivity contribution in [1.29, 1.82) is 0 Å². The highest BCUT2D eigenvalue weighted by molar-refractivity contribution is 6.30. The molecule has 1 fully saturated rings. The second kappa shape index (κ2) is 4.65. The van der Waals surface area contributed by atoms with Crippen LogP contribution in [0.15, 0.2) is 18.2 Å². The van der Waals surface area contributed by atoms with Gasteiger partial charge in [0.15, 0.2) is 5.82 Å². The lowest BCUT2D eigenvalue weighted by Crippen LogP contribution is -2.46. The predicted octanol–water partition coefficient (Wildman–Crippen LogP) is 3.09. The van der Waals surface area contributed by atoms with Gasteiger partial charge >= 0.3 is 5.54 Å². The molecule has 1 saturated carbocycles. The molecule has 0 heterocycles. The highest BCUT2D eigenvalue weighted by Gasteiger charge is 2.54. The van der Waals surface area contributed by atoms with E-state index in [1.807, 2.05) is 0 Å². The summed E-state index contributed by atoms with van der Waals surface area (Å²) >= 11 is 5.64. The van der Waals surface area contributed by atoms with E-state index in [0.29, 0.717) is 12.8 Å². The minimum absolute atomic E-state index is 0.0239. The van der Waals surface area contributed by atoms with Crippen LogP contribution in [0.3, 0.4) is 0 Å². The molecule has 0 N–H and O–H groups in total. The average molecular weight is 272 g/mol. The van der Waals surface area contributed by atoms with E-state index >= 15 is 0 Å². The Bertz CT molecular complexity index is 520. The number of rotatable bonds is 2. The van der Waals surface area contributed by atoms with Gasteiger partial charge < -0.3 is 0 Å². The summed E-state index contributed by atoms with van der Waals surface area (Å²) in [5.74, 6) is -1.41. The predicted molar refractivity (Wildman–Crippen MR) is 63.6 cm³/mol. The Kier molecular flexibility index (Phi) is 3.34. The number of hydrogen-bond donors (Lipinski definition) is 0. The quantitative estimate of drug-likeness (QED) is 0.613. The van der Waals surface area contributed by atoms with Crippen LogP contribution >= 0.6 is 11.6 Å². The second-order valence-corrected chi connectivity index (χ2v) is 4.76. The molecule has 2 rings (SSSR count). The van der Waals surface area contributed by atoms with E-state index < -0.39 is 22.1 Å². The van der Waals surface area contributed by atoms with Gasteiger partial charge in [0.1, 0.15) is 0 Å². The number of hydrogen-bond acceptors (Lipinski definition) is 3. The Morgan fingerprint density at radius 1 is 1.39 bits per heavy atom. The van der Waals surface area contributed by atoms with Gasteiger partial charge in [0.05, 0.1) is 10.6 Å². The zero-order valence-electron chi connectivity index (χ0n) is 9.49. The maximum atomic E-state index is 14.0. The summed E-state index contributed by atoms with van der Waals surface area (Å²) in [4.78, 5) is 22.6. The zero-order chi connectivity index (χ0) is 13.3. The molecule has 0 spiro atoms. The van der Waals surface area contributed by atoms with E-state index in [1.165, 1.54) is 18.2 Å². The van der Waals surface area contributed by atoms with Gasteiger partial charge in [0, 0.05) is 17.8 Å². The number of carbonyl (C=O) groups is 1. The highest BCUT2D eigenvalue weighted by Crippen LogP contribution is 2.39. The summed E-state index contributed by atoms with van der Waals surface area (Å²) in [6.45, 7) is 0. The van der Waals surface area contributed by atoms with Crippen molar-refractivity contribution in [2.24, 2.45) is 0 Å². The van der Waals surface area contributed by atoms with Gasteiger partial charge in [-0.3, -0.25) is 14.9 Å². The summed E-state index contributed by atoms with van der Waals surface area (Å²) in [6, 6.07) is 4.00. The summed E-state index contributed by atoms with van der Waals surface area (Å²) in [7, 11) is 0. The Morgan fingerprint density at radius 2 is 2.11 bits per heavy atom. The van der Waals surface area contributed by atoms with Crippen molar-refractivity contribution in [3.8, 4) is 0 Å². The third kappa shape index (κ3) is 1.79. The maximum Gasteiger partial charge on any atom is 0.306 e. The molecule has 1 atom stereocenters. The first-order valence-corrected chi connectivity index (χ1v) is 6.00. The van der Waals surface area contributed by atoms with Crippen LogP contribution in [0.4, 0.5) is 4.39 Å². The van der Waals surface area contributed by atoms with Crippen molar-refractivity contribution in [1.82, 2.24) is 0 Å². The molecule has 96 valence electrons. The minimum Gasteiger partial charge on any atom is -0.291 e. The number of benzene rings is 1. The standard InChI is InChI=1S/C12H11ClFNO3/c13-9-5-3-4-8(11(9)14)12(15(17)18)7-2-1-6-10(12)16/h3-5H,1-2,6-7H2. The lowest BCUT2D eigenvalue weighted by Gasteiger charge is -2.28. The van der Waals surface area contributed by atoms with Crippen LogP contribution in [0.5, 0.6) is 0 Å². The summed E-state index contributed by atoms with van der Waals surface area (Å²) < 4.78 is 14.0. The van der Waals surface area contributed by atoms with Gasteiger partial charge in [-0.15, -0.1) is 0 Å². The van der Waals surface area contributed by atoms with Crippen LogP contribution < -0.4 is 0 Å². The first-order chi connectivity index (χ1) is 8.50. The van der Waals surface area contributed by atoms with Crippen molar-refractivity contribution >= 4 is 17.4 Å². The van der Waals surface area contributed by atoms with E-state index in [9.17, 15) is 19.3 Å². The van der Waals surface area contributed by atoms with E-state index in [-0.39, 0.29) is 23.4 Å². The molecule has 1 aliphatic rings. The fourth-order valence-corrected chi connectivity index (χ4v) is 2.59. The number of nitro groups is 1. The smallest absolute Gasteiger partial charge is 0.291 e. The van der Waals surface area contributed by atoms with Crippen molar-refractivity contribution < 1.29 is 14.1 Å². The third-order valence-corrected chi connectivity index (χ3v) is 3.65. The van der Waals surface area contributed by atoms with Crippen LogP contribution in [0.2, 0.25) is 5.02 Å². The third-order valence-electron chi connectivity index (χ3n) is 3.36. The summed E-state index contributed by atoms with van der Waals surface area (Å²) in [5.41, 5.74) is -2.18. The Hall–Kier alpha value is -1.49. The van der Waals surface area contributed by atoms with E-state index in [1.54, 1.807) is 0 Å². The fraction of sp³-hybridized carbons (Fsp3) is 0.417. The lowest BCUT2D eigenvalue weighted by molar-refractivity contribution is -0.563. The zero-order valence-corrected chi connectivity index (χ0v) is 10.2. The van der Waals surface area contributed by atoms with Gasteiger partial charge in [-0.05, 0) is 25.0 Å². The Balaban J connectivity index is 2.64. The van der Waals surface area contributed by atoms with Gasteiger partial charge in [-0.1, -0.05) is 17.7 Å². The molecule has 1 aromatic carbocycles. The molecule has 1 unspecified atom stereocenters. The molecule has 0 bridgehead atoms. The number of carbonyl (C=O) groups excluding carboxylic acids is 1.